The Balaban J connectivity index is 0. The molecule has 5 heavy (non-hydrogen) atoms. The van der Waals surface area contributed by atoms with E-state index in [0.29, 0.717) is 0 Å². The SMILES string of the molecule is OB(O)O.[Ir]. The molecule has 0 aliphatic rings. The first-order chi connectivity index (χ1) is 1.73. The van der Waals surface area contributed by atoms with Crippen molar-refractivity contribution in [2.75, 3.05) is 0 Å². The summed E-state index contributed by atoms with van der Waals surface area (Å²) in [7, 11) is -2.17. The average Bonchev–Trinajstić information content (AvgIpc) is 0.811. The van der Waals surface area contributed by atoms with Crippen molar-refractivity contribution < 1.29 is 35.2 Å². The number of hydrogen-bond donors (Lipinski definition) is 3. The summed E-state index contributed by atoms with van der Waals surface area (Å²) in [5, 5.41) is 21.5. The minimum atomic E-state index is -2.17. The Kier molecular flexibility index (Phi) is 8.40. The van der Waals surface area contributed by atoms with Gasteiger partial charge in [0, 0.05) is 20.1 Å². The standard InChI is InChI=1S/BH3O3.Ir/c2-1(3)4;/h2-4H;. The van der Waals surface area contributed by atoms with Crippen LogP contribution < -0.4 is 0 Å². The van der Waals surface area contributed by atoms with Crippen LogP contribution in [-0.4, -0.2) is 22.4 Å². The molecule has 0 saturated carbocycles. The Bertz CT molecular complexity index is 11.6. The predicted molar refractivity (Wildman–Crippen MR) is 12.4 cm³/mol. The van der Waals surface area contributed by atoms with Crippen LogP contribution in [0.4, 0.5) is 0 Å². The second-order valence-corrected chi connectivity index (χ2v) is 0.346. The van der Waals surface area contributed by atoms with Gasteiger partial charge in [-0.05, 0) is 0 Å². The smallest absolute Gasteiger partial charge is 0.402 e. The van der Waals surface area contributed by atoms with E-state index in [1.165, 1.54) is 0 Å². The van der Waals surface area contributed by atoms with Gasteiger partial charge >= 0.3 is 7.32 Å². The molecule has 0 amide bonds. The summed E-state index contributed by atoms with van der Waals surface area (Å²) >= 11 is 0. The van der Waals surface area contributed by atoms with Crippen LogP contribution in [0.25, 0.3) is 0 Å². The molecule has 0 saturated heterocycles. The molecule has 1 radical (unpaired) electrons. The second-order valence-electron chi connectivity index (χ2n) is 0.346. The first kappa shape index (κ1) is 9.14. The van der Waals surface area contributed by atoms with Crippen LogP contribution in [0.15, 0.2) is 0 Å². The van der Waals surface area contributed by atoms with Gasteiger partial charge in [0.1, 0.15) is 0 Å². The molecule has 0 aromatic heterocycles. The molecule has 0 heterocycles. The zero-order valence-corrected chi connectivity index (χ0v) is 4.65. The quantitative estimate of drug-likeness (QED) is 0.436. The van der Waals surface area contributed by atoms with E-state index in [4.69, 9.17) is 15.1 Å². The molecule has 0 atom stereocenters. The normalized spacial score (nSPS) is 5.40. The molecule has 3 nitrogen and oxygen atoms in total. The molecule has 0 rings (SSSR count). The van der Waals surface area contributed by atoms with Gasteiger partial charge in [-0.15, -0.1) is 0 Å². The van der Waals surface area contributed by atoms with Gasteiger partial charge in [-0.25, -0.2) is 0 Å². The van der Waals surface area contributed by atoms with E-state index in [-0.39, 0.29) is 20.1 Å². The van der Waals surface area contributed by atoms with Crippen molar-refractivity contribution in [3.05, 3.63) is 0 Å². The Morgan fingerprint density at radius 2 is 1.00 bits per heavy atom. The predicted octanol–water partition coefficient (Wildman–Crippen LogP) is -2.05. The zero-order chi connectivity index (χ0) is 3.58. The molecule has 33 valence electrons. The van der Waals surface area contributed by atoms with Crippen LogP contribution in [0.2, 0.25) is 0 Å². The van der Waals surface area contributed by atoms with Crippen molar-refractivity contribution in [2.24, 2.45) is 0 Å². The maximum Gasteiger partial charge on any atom is 0.631 e. The first-order valence-corrected chi connectivity index (χ1v) is 0.775. The van der Waals surface area contributed by atoms with Crippen molar-refractivity contribution in [3.8, 4) is 0 Å². The van der Waals surface area contributed by atoms with Crippen LogP contribution in [0.3, 0.4) is 0 Å². The third-order valence-corrected chi connectivity index (χ3v) is 0. The Morgan fingerprint density at radius 1 is 1.00 bits per heavy atom. The molecule has 0 fully saturated rings. The van der Waals surface area contributed by atoms with E-state index >= 15 is 0 Å². The summed E-state index contributed by atoms with van der Waals surface area (Å²) < 4.78 is 0. The van der Waals surface area contributed by atoms with Crippen molar-refractivity contribution in [1.29, 1.82) is 0 Å². The van der Waals surface area contributed by atoms with E-state index < -0.39 is 7.32 Å². The summed E-state index contributed by atoms with van der Waals surface area (Å²) in [5.41, 5.74) is 0. The first-order valence-electron chi connectivity index (χ1n) is 0.775. The van der Waals surface area contributed by atoms with Crippen molar-refractivity contribution in [1.82, 2.24) is 0 Å². The molecule has 0 spiro atoms. The monoisotopic (exact) mass is 255 g/mol. The van der Waals surface area contributed by atoms with Gasteiger partial charge in [0.25, 0.3) is 0 Å². The van der Waals surface area contributed by atoms with Gasteiger partial charge < -0.3 is 15.1 Å². The van der Waals surface area contributed by atoms with Crippen LogP contribution in [0.1, 0.15) is 0 Å². The largest absolute Gasteiger partial charge is 0.631 e. The molecule has 0 aliphatic carbocycles. The van der Waals surface area contributed by atoms with Gasteiger partial charge in [0.15, 0.2) is 0 Å². The molecule has 0 aromatic carbocycles. The van der Waals surface area contributed by atoms with Gasteiger partial charge in [0.2, 0.25) is 0 Å². The van der Waals surface area contributed by atoms with Crippen molar-refractivity contribution >= 4 is 7.32 Å². The molecule has 5 heteroatoms. The van der Waals surface area contributed by atoms with Gasteiger partial charge in [-0.1, -0.05) is 0 Å². The fraction of sp³-hybridized carbons (Fsp3) is 0. The average molecular weight is 254 g/mol. The Morgan fingerprint density at radius 3 is 1.00 bits per heavy atom. The van der Waals surface area contributed by atoms with Gasteiger partial charge in [0.05, 0.1) is 0 Å². The maximum atomic E-state index is 7.17. The van der Waals surface area contributed by atoms with Crippen LogP contribution in [0.5, 0.6) is 0 Å². The van der Waals surface area contributed by atoms with Crippen molar-refractivity contribution in [2.45, 2.75) is 0 Å². The summed E-state index contributed by atoms with van der Waals surface area (Å²) in [4.78, 5) is 0. The van der Waals surface area contributed by atoms with E-state index in [2.05, 4.69) is 0 Å². The fourth-order valence-electron chi connectivity index (χ4n) is 0. The number of rotatable bonds is 0. The molecule has 0 aliphatic heterocycles. The topological polar surface area (TPSA) is 60.7 Å². The number of hydrogen-bond acceptors (Lipinski definition) is 3. The summed E-state index contributed by atoms with van der Waals surface area (Å²) in [6.07, 6.45) is 0. The molecule has 0 unspecified atom stereocenters. The molecular weight excluding hydrogens is 251 g/mol. The fourth-order valence-corrected chi connectivity index (χ4v) is 0. The summed E-state index contributed by atoms with van der Waals surface area (Å²) in [6.45, 7) is 0. The maximum absolute atomic E-state index is 7.17. The summed E-state index contributed by atoms with van der Waals surface area (Å²) in [5.74, 6) is 0. The van der Waals surface area contributed by atoms with E-state index in [9.17, 15) is 0 Å². The molecular formula is H3BIrO3. The van der Waals surface area contributed by atoms with Crippen molar-refractivity contribution in [3.63, 3.8) is 0 Å². The minimum absolute atomic E-state index is 0. The van der Waals surface area contributed by atoms with Gasteiger partial charge in [-0.3, -0.25) is 0 Å². The Hall–Kier alpha value is 0.594. The second kappa shape index (κ2) is 4.59. The summed E-state index contributed by atoms with van der Waals surface area (Å²) in [6, 6.07) is 0. The minimum Gasteiger partial charge on any atom is -0.402 e. The zero-order valence-electron chi connectivity index (χ0n) is 2.25. The van der Waals surface area contributed by atoms with Gasteiger partial charge in [-0.2, -0.15) is 0 Å². The molecule has 3 N–H and O–H groups in total. The van der Waals surface area contributed by atoms with E-state index in [0.717, 1.165) is 0 Å². The van der Waals surface area contributed by atoms with E-state index in [1.54, 1.807) is 0 Å². The van der Waals surface area contributed by atoms with Crippen LogP contribution in [0, 0.1) is 0 Å². The van der Waals surface area contributed by atoms with Crippen LogP contribution >= 0.6 is 0 Å². The Labute approximate surface area is 43.2 Å². The molecule has 0 bridgehead atoms. The third-order valence-electron chi connectivity index (χ3n) is 0. The van der Waals surface area contributed by atoms with E-state index in [1.807, 2.05) is 0 Å². The van der Waals surface area contributed by atoms with Crippen LogP contribution in [-0.2, 0) is 20.1 Å². The third kappa shape index (κ3) is 87.6. The molecule has 0 aromatic rings.